The molecular formula is C21H12FN3. The van der Waals surface area contributed by atoms with Crippen molar-refractivity contribution < 1.29 is 4.39 Å². The maximum Gasteiger partial charge on any atom is 0.140 e. The van der Waals surface area contributed by atoms with E-state index in [-0.39, 0.29) is 5.56 Å². The zero-order valence-electron chi connectivity index (χ0n) is 13.1. The quantitative estimate of drug-likeness (QED) is 0.522. The van der Waals surface area contributed by atoms with Gasteiger partial charge in [-0.05, 0) is 30.3 Å². The van der Waals surface area contributed by atoms with Gasteiger partial charge in [0, 0.05) is 11.1 Å². The van der Waals surface area contributed by atoms with Crippen LogP contribution in [0.15, 0.2) is 72.8 Å². The molecule has 0 aliphatic rings. The van der Waals surface area contributed by atoms with Crippen LogP contribution in [-0.2, 0) is 0 Å². The Kier molecular flexibility index (Phi) is 3.68. The van der Waals surface area contributed by atoms with Gasteiger partial charge in [-0.1, -0.05) is 42.5 Å². The molecule has 25 heavy (non-hydrogen) atoms. The molecule has 3 nitrogen and oxygen atoms in total. The highest BCUT2D eigenvalue weighted by atomic mass is 19.1. The second-order valence-corrected chi connectivity index (χ2v) is 5.58. The smallest absolute Gasteiger partial charge is 0.140 e. The van der Waals surface area contributed by atoms with Crippen molar-refractivity contribution >= 4 is 11.0 Å². The maximum atomic E-state index is 13.7. The predicted octanol–water partition coefficient (Wildman–Crippen LogP) is 4.97. The van der Waals surface area contributed by atoms with Crippen molar-refractivity contribution in [3.05, 3.63) is 84.2 Å². The monoisotopic (exact) mass is 325 g/mol. The second kappa shape index (κ2) is 6.14. The number of benzene rings is 3. The average Bonchev–Trinajstić information content (AvgIpc) is 2.68. The molecule has 0 amide bonds. The van der Waals surface area contributed by atoms with Gasteiger partial charge in [0.2, 0.25) is 0 Å². The van der Waals surface area contributed by atoms with Crippen LogP contribution in [0.2, 0.25) is 0 Å². The van der Waals surface area contributed by atoms with Gasteiger partial charge in [-0.25, -0.2) is 14.4 Å². The minimum Gasteiger partial charge on any atom is -0.244 e. The molecule has 4 heteroatoms. The van der Waals surface area contributed by atoms with E-state index in [4.69, 9.17) is 15.2 Å². The van der Waals surface area contributed by atoms with Crippen LogP contribution in [0, 0.1) is 17.1 Å². The first-order valence-electron chi connectivity index (χ1n) is 7.78. The van der Waals surface area contributed by atoms with Crippen LogP contribution in [0.3, 0.4) is 0 Å². The highest BCUT2D eigenvalue weighted by Crippen LogP contribution is 2.31. The molecule has 4 rings (SSSR count). The molecule has 0 N–H and O–H groups in total. The van der Waals surface area contributed by atoms with Gasteiger partial charge in [0.05, 0.1) is 28.0 Å². The van der Waals surface area contributed by atoms with Crippen LogP contribution in [0.4, 0.5) is 4.39 Å². The lowest BCUT2D eigenvalue weighted by Gasteiger charge is -2.11. The fourth-order valence-corrected chi connectivity index (χ4v) is 2.76. The first kappa shape index (κ1) is 15.0. The summed E-state index contributed by atoms with van der Waals surface area (Å²) < 4.78 is 13.7. The predicted molar refractivity (Wildman–Crippen MR) is 95.1 cm³/mol. The summed E-state index contributed by atoms with van der Waals surface area (Å²) in [6.45, 7) is 0. The minimum absolute atomic E-state index is 0.00790. The zero-order chi connectivity index (χ0) is 17.2. The van der Waals surface area contributed by atoms with E-state index in [9.17, 15) is 4.39 Å². The largest absolute Gasteiger partial charge is 0.244 e. The lowest BCUT2D eigenvalue weighted by atomic mass is 10.0. The van der Waals surface area contributed by atoms with E-state index in [0.29, 0.717) is 17.0 Å². The molecule has 1 aromatic heterocycles. The van der Waals surface area contributed by atoms with Gasteiger partial charge in [-0.15, -0.1) is 0 Å². The number of nitriles is 1. The zero-order valence-corrected chi connectivity index (χ0v) is 13.1. The topological polar surface area (TPSA) is 49.6 Å². The van der Waals surface area contributed by atoms with Crippen molar-refractivity contribution in [2.45, 2.75) is 0 Å². The first-order chi connectivity index (χ1) is 12.3. The van der Waals surface area contributed by atoms with Crippen LogP contribution in [0.25, 0.3) is 33.5 Å². The fraction of sp³-hybridized carbons (Fsp3) is 0. The number of hydrogen-bond donors (Lipinski definition) is 0. The number of aromatic nitrogens is 2. The van der Waals surface area contributed by atoms with Crippen LogP contribution < -0.4 is 0 Å². The third kappa shape index (κ3) is 2.73. The molecule has 0 radical (unpaired) electrons. The number of fused-ring (bicyclic) bond motifs is 1. The normalized spacial score (nSPS) is 10.6. The van der Waals surface area contributed by atoms with E-state index >= 15 is 0 Å². The lowest BCUT2D eigenvalue weighted by Crippen LogP contribution is -1.96. The van der Waals surface area contributed by atoms with Gasteiger partial charge in [-0.2, -0.15) is 5.26 Å². The Morgan fingerprint density at radius 1 is 0.720 bits per heavy atom. The summed E-state index contributed by atoms with van der Waals surface area (Å²) in [6.07, 6.45) is 0. The highest BCUT2D eigenvalue weighted by Gasteiger charge is 2.14. The number of nitrogens with zero attached hydrogens (tertiary/aromatic N) is 3. The van der Waals surface area contributed by atoms with Crippen LogP contribution in [0.1, 0.15) is 5.56 Å². The molecule has 0 atom stereocenters. The van der Waals surface area contributed by atoms with Crippen molar-refractivity contribution in [3.63, 3.8) is 0 Å². The molecule has 0 aliphatic heterocycles. The summed E-state index contributed by atoms with van der Waals surface area (Å²) in [7, 11) is 0. The summed E-state index contributed by atoms with van der Waals surface area (Å²) in [5, 5.41) is 9.12. The Balaban J connectivity index is 2.03. The molecule has 0 saturated heterocycles. The molecule has 4 aromatic rings. The Hall–Kier alpha value is -3.58. The summed E-state index contributed by atoms with van der Waals surface area (Å²) in [5.74, 6) is -0.541. The highest BCUT2D eigenvalue weighted by molar-refractivity contribution is 5.86. The molecule has 0 fully saturated rings. The summed E-state index contributed by atoms with van der Waals surface area (Å²) in [6, 6.07) is 23.6. The summed E-state index contributed by atoms with van der Waals surface area (Å²) >= 11 is 0. The van der Waals surface area contributed by atoms with E-state index in [1.54, 1.807) is 6.07 Å². The van der Waals surface area contributed by atoms with E-state index in [1.807, 2.05) is 60.7 Å². The lowest BCUT2D eigenvalue weighted by molar-refractivity contribution is 0.624. The number of rotatable bonds is 2. The Morgan fingerprint density at radius 3 is 1.96 bits per heavy atom. The van der Waals surface area contributed by atoms with Gasteiger partial charge >= 0.3 is 0 Å². The van der Waals surface area contributed by atoms with Gasteiger partial charge in [0.15, 0.2) is 0 Å². The van der Waals surface area contributed by atoms with Gasteiger partial charge in [0.1, 0.15) is 11.9 Å². The van der Waals surface area contributed by atoms with Gasteiger partial charge < -0.3 is 0 Å². The molecule has 118 valence electrons. The fourth-order valence-electron chi connectivity index (χ4n) is 2.76. The minimum atomic E-state index is -0.541. The standard InChI is InChI=1S/C21H12FN3/c22-17-11-10-15(12-16(17)13-23)21-20(14-6-2-1-3-7-14)24-18-8-4-5-9-19(18)25-21/h1-12H. The molecule has 3 aromatic carbocycles. The third-order valence-electron chi connectivity index (χ3n) is 3.98. The molecule has 0 bridgehead atoms. The van der Waals surface area contributed by atoms with Gasteiger partial charge in [-0.3, -0.25) is 0 Å². The van der Waals surface area contributed by atoms with Crippen molar-refractivity contribution in [1.29, 1.82) is 5.26 Å². The van der Waals surface area contributed by atoms with E-state index in [0.717, 1.165) is 16.6 Å². The van der Waals surface area contributed by atoms with E-state index in [2.05, 4.69) is 0 Å². The number of hydrogen-bond acceptors (Lipinski definition) is 3. The second-order valence-electron chi connectivity index (χ2n) is 5.58. The Bertz CT molecular complexity index is 1110. The van der Waals surface area contributed by atoms with Crippen LogP contribution in [0.5, 0.6) is 0 Å². The number of halogens is 1. The summed E-state index contributed by atoms with van der Waals surface area (Å²) in [5.41, 5.74) is 4.43. The van der Waals surface area contributed by atoms with Crippen molar-refractivity contribution in [2.75, 3.05) is 0 Å². The van der Waals surface area contributed by atoms with E-state index in [1.165, 1.54) is 12.1 Å². The first-order valence-corrected chi connectivity index (χ1v) is 7.78. The molecule has 0 unspecified atom stereocenters. The van der Waals surface area contributed by atoms with Crippen molar-refractivity contribution in [1.82, 2.24) is 9.97 Å². The van der Waals surface area contributed by atoms with Crippen LogP contribution in [-0.4, -0.2) is 9.97 Å². The van der Waals surface area contributed by atoms with Gasteiger partial charge in [0.25, 0.3) is 0 Å². The molecular weight excluding hydrogens is 313 g/mol. The molecule has 0 saturated carbocycles. The maximum absolute atomic E-state index is 13.7. The Labute approximate surface area is 144 Å². The van der Waals surface area contributed by atoms with Crippen LogP contribution >= 0.6 is 0 Å². The average molecular weight is 325 g/mol. The summed E-state index contributed by atoms with van der Waals surface area (Å²) in [4.78, 5) is 9.49. The van der Waals surface area contributed by atoms with E-state index < -0.39 is 5.82 Å². The molecule has 0 aliphatic carbocycles. The SMILES string of the molecule is N#Cc1cc(-c2nc3ccccc3nc2-c2ccccc2)ccc1F. The van der Waals surface area contributed by atoms with Crippen molar-refractivity contribution in [3.8, 4) is 28.6 Å². The molecule has 1 heterocycles. The van der Waals surface area contributed by atoms with Crippen molar-refractivity contribution in [2.24, 2.45) is 0 Å². The number of para-hydroxylation sites is 2. The molecule has 0 spiro atoms. The Morgan fingerprint density at radius 2 is 1.32 bits per heavy atom. The third-order valence-corrected chi connectivity index (χ3v) is 3.98.